The number of morpholine rings is 1. The summed E-state index contributed by atoms with van der Waals surface area (Å²) in [6.07, 6.45) is 1.80. The highest BCUT2D eigenvalue weighted by molar-refractivity contribution is 6.30. The molecule has 0 aliphatic carbocycles. The molecule has 172 valence electrons. The Morgan fingerprint density at radius 3 is 2.53 bits per heavy atom. The van der Waals surface area contributed by atoms with E-state index in [1.54, 1.807) is 36.5 Å². The molecule has 0 unspecified atom stereocenters. The predicted molar refractivity (Wildman–Crippen MR) is 132 cm³/mol. The van der Waals surface area contributed by atoms with Crippen molar-refractivity contribution in [3.8, 4) is 17.2 Å². The first-order chi connectivity index (χ1) is 16.6. The van der Waals surface area contributed by atoms with Gasteiger partial charge in [-0.3, -0.25) is 4.98 Å². The van der Waals surface area contributed by atoms with E-state index in [9.17, 15) is 0 Å². The summed E-state index contributed by atoms with van der Waals surface area (Å²) in [4.78, 5) is 15.8. The Balaban J connectivity index is 1.32. The number of anilines is 1. The molecule has 9 heteroatoms. The summed E-state index contributed by atoms with van der Waals surface area (Å²) in [5.41, 5.74) is 8.10. The fourth-order valence-electron chi connectivity index (χ4n) is 3.52. The molecule has 8 nitrogen and oxygen atoms in total. The number of halogens is 1. The van der Waals surface area contributed by atoms with E-state index in [4.69, 9.17) is 36.5 Å². The summed E-state index contributed by atoms with van der Waals surface area (Å²) in [6.45, 7) is 2.98. The van der Waals surface area contributed by atoms with Crippen molar-refractivity contribution < 1.29 is 14.2 Å². The molecule has 2 heterocycles. The Kier molecular flexibility index (Phi) is 6.42. The number of nitrogens with two attached hydrogens (primary N) is 1. The number of ether oxygens (including phenoxy) is 3. The van der Waals surface area contributed by atoms with Crippen LogP contribution >= 0.6 is 11.6 Å². The maximum atomic E-state index is 6.06. The first-order valence-electron chi connectivity index (χ1n) is 10.8. The number of amidine groups is 1. The van der Waals surface area contributed by atoms with Crippen LogP contribution in [-0.2, 0) is 4.74 Å². The van der Waals surface area contributed by atoms with Crippen LogP contribution in [0.15, 0.2) is 77.9 Å². The van der Waals surface area contributed by atoms with Gasteiger partial charge in [0.2, 0.25) is 0 Å². The third kappa shape index (κ3) is 5.36. The number of hydrogen-bond donors (Lipinski definition) is 1. The minimum atomic E-state index is 0.0103. The lowest BCUT2D eigenvalue weighted by Gasteiger charge is -2.27. The van der Waals surface area contributed by atoms with Crippen LogP contribution in [0.1, 0.15) is 0 Å². The third-order valence-electron chi connectivity index (χ3n) is 5.16. The molecular weight excluding hydrogens is 454 g/mol. The number of aromatic nitrogens is 2. The van der Waals surface area contributed by atoms with Gasteiger partial charge in [0.05, 0.1) is 36.1 Å². The molecule has 5 rings (SSSR count). The quantitative estimate of drug-likeness (QED) is 0.322. The van der Waals surface area contributed by atoms with Crippen LogP contribution in [0.2, 0.25) is 5.02 Å². The number of rotatable bonds is 5. The molecule has 3 aromatic carbocycles. The fraction of sp³-hybridized carbons (Fsp3) is 0.160. The van der Waals surface area contributed by atoms with Crippen LogP contribution < -0.4 is 20.1 Å². The van der Waals surface area contributed by atoms with Crippen molar-refractivity contribution in [1.82, 2.24) is 9.97 Å². The summed E-state index contributed by atoms with van der Waals surface area (Å²) >= 11 is 5.89. The van der Waals surface area contributed by atoms with Crippen molar-refractivity contribution in [2.24, 2.45) is 10.7 Å². The van der Waals surface area contributed by atoms with Gasteiger partial charge < -0.3 is 24.8 Å². The molecule has 1 saturated heterocycles. The molecule has 0 radical (unpaired) electrons. The SMILES string of the molecule is NC(=Nc1cccc(Oc2ccc3ncc(N4CCOCC4)nc3c2)c1)Oc1ccc(Cl)cc1. The predicted octanol–water partition coefficient (Wildman–Crippen LogP) is 4.94. The molecule has 1 aliphatic heterocycles. The lowest BCUT2D eigenvalue weighted by Crippen LogP contribution is -2.36. The molecule has 0 saturated carbocycles. The minimum Gasteiger partial charge on any atom is -0.457 e. The molecule has 4 aromatic rings. The van der Waals surface area contributed by atoms with Gasteiger partial charge in [-0.1, -0.05) is 17.7 Å². The van der Waals surface area contributed by atoms with E-state index in [0.29, 0.717) is 41.2 Å². The highest BCUT2D eigenvalue weighted by Crippen LogP contribution is 2.28. The number of hydrogen-bond acceptors (Lipinski definition) is 7. The van der Waals surface area contributed by atoms with Crippen molar-refractivity contribution >= 4 is 40.2 Å². The maximum Gasteiger partial charge on any atom is 0.292 e. The van der Waals surface area contributed by atoms with Crippen molar-refractivity contribution in [2.45, 2.75) is 0 Å². The fourth-order valence-corrected chi connectivity index (χ4v) is 3.64. The van der Waals surface area contributed by atoms with Crippen molar-refractivity contribution in [3.05, 3.63) is 77.9 Å². The van der Waals surface area contributed by atoms with Crippen molar-refractivity contribution in [2.75, 3.05) is 31.2 Å². The Bertz CT molecular complexity index is 1320. The highest BCUT2D eigenvalue weighted by Gasteiger charge is 2.13. The average molecular weight is 476 g/mol. The second-order valence-electron chi connectivity index (χ2n) is 7.58. The second kappa shape index (κ2) is 9.94. The van der Waals surface area contributed by atoms with Gasteiger partial charge in [-0.15, -0.1) is 0 Å². The first kappa shape index (κ1) is 21.9. The number of nitrogens with zero attached hydrogens (tertiary/aromatic N) is 4. The number of fused-ring (bicyclic) bond motifs is 1. The third-order valence-corrected chi connectivity index (χ3v) is 5.42. The van der Waals surface area contributed by atoms with Crippen LogP contribution in [0.5, 0.6) is 17.2 Å². The van der Waals surface area contributed by atoms with Crippen LogP contribution in [0.4, 0.5) is 11.5 Å². The molecule has 34 heavy (non-hydrogen) atoms. The molecule has 0 atom stereocenters. The molecule has 1 aromatic heterocycles. The summed E-state index contributed by atoms with van der Waals surface area (Å²) in [5.74, 6) is 2.64. The Hall–Kier alpha value is -3.88. The van der Waals surface area contributed by atoms with Crippen molar-refractivity contribution in [1.29, 1.82) is 0 Å². The second-order valence-corrected chi connectivity index (χ2v) is 8.02. The van der Waals surface area contributed by atoms with Gasteiger partial charge >= 0.3 is 0 Å². The number of aliphatic imine (C=N–C) groups is 1. The maximum absolute atomic E-state index is 6.06. The summed E-state index contributed by atoms with van der Waals surface area (Å²) in [5, 5.41) is 0.615. The van der Waals surface area contributed by atoms with Gasteiger partial charge in [0.15, 0.2) is 0 Å². The lowest BCUT2D eigenvalue weighted by molar-refractivity contribution is 0.122. The van der Waals surface area contributed by atoms with Gasteiger partial charge in [0, 0.05) is 30.2 Å². The van der Waals surface area contributed by atoms with E-state index < -0.39 is 0 Å². The standard InChI is InChI=1S/C25H22ClN5O3/c26-17-4-6-19(7-5-17)34-25(27)29-18-2-1-3-20(14-18)33-21-8-9-22-23(15-21)30-24(16-28-22)31-10-12-32-13-11-31/h1-9,14-16H,10-13H2,(H2,27,29). The van der Waals surface area contributed by atoms with E-state index in [1.807, 2.05) is 36.4 Å². The monoisotopic (exact) mass is 475 g/mol. The van der Waals surface area contributed by atoms with E-state index in [0.717, 1.165) is 29.9 Å². The van der Waals surface area contributed by atoms with E-state index >= 15 is 0 Å². The van der Waals surface area contributed by atoms with Crippen LogP contribution in [0.3, 0.4) is 0 Å². The zero-order valence-corrected chi connectivity index (χ0v) is 19.0. The minimum absolute atomic E-state index is 0.0103. The molecule has 0 spiro atoms. The zero-order valence-electron chi connectivity index (χ0n) is 18.2. The van der Waals surface area contributed by atoms with Gasteiger partial charge in [0.1, 0.15) is 23.1 Å². The van der Waals surface area contributed by atoms with Crippen LogP contribution in [-0.4, -0.2) is 42.3 Å². The molecular formula is C25H22ClN5O3. The Labute approximate surface area is 201 Å². The first-order valence-corrected chi connectivity index (χ1v) is 11.2. The highest BCUT2D eigenvalue weighted by atomic mass is 35.5. The van der Waals surface area contributed by atoms with Crippen LogP contribution in [0.25, 0.3) is 11.0 Å². The van der Waals surface area contributed by atoms with E-state index in [2.05, 4.69) is 14.9 Å². The van der Waals surface area contributed by atoms with Gasteiger partial charge in [-0.05, 0) is 48.5 Å². The Morgan fingerprint density at radius 2 is 1.71 bits per heavy atom. The molecule has 0 bridgehead atoms. The Morgan fingerprint density at radius 1 is 0.941 bits per heavy atom. The molecule has 1 fully saturated rings. The average Bonchev–Trinajstić information content (AvgIpc) is 2.86. The lowest BCUT2D eigenvalue weighted by atomic mass is 10.2. The number of benzene rings is 3. The van der Waals surface area contributed by atoms with Crippen LogP contribution in [0, 0.1) is 0 Å². The summed E-state index contributed by atoms with van der Waals surface area (Å²) in [7, 11) is 0. The van der Waals surface area contributed by atoms with Gasteiger partial charge in [-0.25, -0.2) is 4.98 Å². The molecule has 1 aliphatic rings. The molecule has 2 N–H and O–H groups in total. The van der Waals surface area contributed by atoms with Gasteiger partial charge in [0.25, 0.3) is 6.02 Å². The smallest absolute Gasteiger partial charge is 0.292 e. The topological polar surface area (TPSA) is 95.1 Å². The van der Waals surface area contributed by atoms with Gasteiger partial charge in [-0.2, -0.15) is 4.99 Å². The van der Waals surface area contributed by atoms with E-state index in [1.165, 1.54) is 0 Å². The largest absolute Gasteiger partial charge is 0.457 e. The van der Waals surface area contributed by atoms with E-state index in [-0.39, 0.29) is 6.02 Å². The zero-order chi connectivity index (χ0) is 23.3. The summed E-state index contributed by atoms with van der Waals surface area (Å²) in [6, 6.07) is 19.8. The summed E-state index contributed by atoms with van der Waals surface area (Å²) < 4.78 is 17.0. The van der Waals surface area contributed by atoms with Crippen molar-refractivity contribution in [3.63, 3.8) is 0 Å². The normalized spacial score (nSPS) is 14.3. The molecule has 0 amide bonds.